The van der Waals surface area contributed by atoms with Gasteiger partial charge in [-0.1, -0.05) is 37.3 Å². The molecule has 0 saturated carbocycles. The van der Waals surface area contributed by atoms with Gasteiger partial charge in [0.2, 0.25) is 0 Å². The molecule has 0 spiro atoms. The lowest BCUT2D eigenvalue weighted by atomic mass is 9.93. The number of nitrogens with zero attached hydrogens (tertiary/aromatic N) is 3. The van der Waals surface area contributed by atoms with Gasteiger partial charge >= 0.3 is 0 Å². The Morgan fingerprint density at radius 1 is 1.09 bits per heavy atom. The predicted octanol–water partition coefficient (Wildman–Crippen LogP) is 4.42. The van der Waals surface area contributed by atoms with E-state index < -0.39 is 15.7 Å². The van der Waals surface area contributed by atoms with E-state index in [0.29, 0.717) is 6.54 Å². The van der Waals surface area contributed by atoms with E-state index in [9.17, 15) is 12.8 Å². The molecule has 33 heavy (non-hydrogen) atoms. The van der Waals surface area contributed by atoms with Gasteiger partial charge in [0.1, 0.15) is 5.82 Å². The molecule has 0 fully saturated rings. The van der Waals surface area contributed by atoms with E-state index in [2.05, 4.69) is 15.9 Å². The van der Waals surface area contributed by atoms with Crippen LogP contribution in [0.1, 0.15) is 44.0 Å². The van der Waals surface area contributed by atoms with Crippen molar-refractivity contribution in [3.8, 4) is 11.3 Å². The average Bonchev–Trinajstić information content (AvgIpc) is 3.13. The predicted molar refractivity (Wildman–Crippen MR) is 130 cm³/mol. The quantitative estimate of drug-likeness (QED) is 0.475. The van der Waals surface area contributed by atoms with Crippen LogP contribution >= 0.6 is 0 Å². The van der Waals surface area contributed by atoms with Crippen molar-refractivity contribution in [2.45, 2.75) is 45.6 Å². The first-order chi connectivity index (χ1) is 15.5. The van der Waals surface area contributed by atoms with Crippen LogP contribution in [0.15, 0.2) is 54.6 Å². The molecule has 3 aromatic rings. The molecule has 0 bridgehead atoms. The highest BCUT2D eigenvalue weighted by Crippen LogP contribution is 2.28. The van der Waals surface area contributed by atoms with Crippen molar-refractivity contribution in [3.63, 3.8) is 0 Å². The lowest BCUT2D eigenvalue weighted by molar-refractivity contribution is 0.414. The van der Waals surface area contributed by atoms with Crippen LogP contribution in [-0.4, -0.2) is 36.1 Å². The molecule has 0 unspecified atom stereocenters. The minimum absolute atomic E-state index is 0.235. The molecule has 0 amide bonds. The first-order valence-corrected chi connectivity index (χ1v) is 12.6. The van der Waals surface area contributed by atoms with Gasteiger partial charge in [0.15, 0.2) is 0 Å². The molecule has 0 saturated heterocycles. The fourth-order valence-electron chi connectivity index (χ4n) is 3.80. The zero-order valence-corrected chi connectivity index (χ0v) is 20.8. The summed E-state index contributed by atoms with van der Waals surface area (Å²) < 4.78 is 44.5. The lowest BCUT2D eigenvalue weighted by Crippen LogP contribution is -2.47. The molecule has 3 rings (SSSR count). The topological polar surface area (TPSA) is 67.2 Å². The Morgan fingerprint density at radius 2 is 1.79 bits per heavy atom. The molecule has 2 aromatic carbocycles. The Morgan fingerprint density at radius 3 is 2.45 bits per heavy atom. The minimum Gasteiger partial charge on any atom is -0.268 e. The number of hydrogen-bond acceptors (Lipinski definition) is 3. The SMILES string of the molecule is CCCN(C)S(=O)(=O)NC(C)(C)c1cccc(-c2cc(CCc3ccc(F)cc3)nn2C)c1. The first-order valence-electron chi connectivity index (χ1n) is 11.2. The highest BCUT2D eigenvalue weighted by Gasteiger charge is 2.29. The Labute approximate surface area is 196 Å². The third-order valence-electron chi connectivity index (χ3n) is 5.73. The van der Waals surface area contributed by atoms with Gasteiger partial charge in [-0.2, -0.15) is 22.5 Å². The van der Waals surface area contributed by atoms with Crippen LogP contribution < -0.4 is 4.72 Å². The normalized spacial score (nSPS) is 12.5. The van der Waals surface area contributed by atoms with Gasteiger partial charge in [-0.25, -0.2) is 4.39 Å². The summed E-state index contributed by atoms with van der Waals surface area (Å²) in [7, 11) is -0.119. The Hall–Kier alpha value is -2.55. The largest absolute Gasteiger partial charge is 0.279 e. The maximum absolute atomic E-state index is 13.1. The molecular formula is C25H33FN4O2S. The van der Waals surface area contributed by atoms with Gasteiger partial charge in [-0.3, -0.25) is 4.68 Å². The number of aromatic nitrogens is 2. The molecular weight excluding hydrogens is 439 g/mol. The highest BCUT2D eigenvalue weighted by atomic mass is 32.2. The fraction of sp³-hybridized carbons (Fsp3) is 0.400. The van der Waals surface area contributed by atoms with Crippen LogP contribution in [0, 0.1) is 5.82 Å². The molecule has 0 aliphatic carbocycles. The molecule has 0 aliphatic rings. The number of aryl methyl sites for hydroxylation is 3. The fourth-order valence-corrected chi connectivity index (χ4v) is 5.15. The van der Waals surface area contributed by atoms with Crippen LogP contribution in [-0.2, 0) is 35.6 Å². The lowest BCUT2D eigenvalue weighted by Gasteiger charge is -2.29. The summed E-state index contributed by atoms with van der Waals surface area (Å²) in [6.45, 7) is 6.13. The monoisotopic (exact) mass is 472 g/mol. The second-order valence-electron chi connectivity index (χ2n) is 8.91. The number of hydrogen-bond donors (Lipinski definition) is 1. The van der Waals surface area contributed by atoms with Crippen LogP contribution in [0.5, 0.6) is 0 Å². The number of nitrogens with one attached hydrogen (secondary N) is 1. The summed E-state index contributed by atoms with van der Waals surface area (Å²) in [6, 6.07) is 16.4. The molecule has 6 nitrogen and oxygen atoms in total. The van der Waals surface area contributed by atoms with Gasteiger partial charge in [-0.15, -0.1) is 0 Å². The summed E-state index contributed by atoms with van der Waals surface area (Å²) in [5.41, 5.74) is 4.00. The maximum atomic E-state index is 13.1. The molecule has 178 valence electrons. The minimum atomic E-state index is -3.60. The second-order valence-corrected chi connectivity index (χ2v) is 10.7. The first kappa shape index (κ1) is 25.1. The van der Waals surface area contributed by atoms with E-state index in [1.54, 1.807) is 19.2 Å². The average molecular weight is 473 g/mol. The van der Waals surface area contributed by atoms with Gasteiger partial charge in [0.05, 0.1) is 16.9 Å². The van der Waals surface area contributed by atoms with Gasteiger partial charge < -0.3 is 0 Å². The number of rotatable bonds is 10. The molecule has 0 aliphatic heterocycles. The zero-order valence-electron chi connectivity index (χ0n) is 20.0. The third kappa shape index (κ3) is 6.28. The van der Waals surface area contributed by atoms with Crippen LogP contribution in [0.4, 0.5) is 4.39 Å². The Bertz CT molecular complexity index is 1190. The Balaban J connectivity index is 1.79. The zero-order chi connectivity index (χ0) is 24.2. The van der Waals surface area contributed by atoms with Crippen molar-refractivity contribution in [1.29, 1.82) is 0 Å². The molecule has 1 aromatic heterocycles. The molecule has 8 heteroatoms. The maximum Gasteiger partial charge on any atom is 0.279 e. The van der Waals surface area contributed by atoms with Crippen molar-refractivity contribution in [2.24, 2.45) is 7.05 Å². The van der Waals surface area contributed by atoms with E-state index in [4.69, 9.17) is 0 Å². The summed E-state index contributed by atoms with van der Waals surface area (Å²) in [5.74, 6) is -0.235. The van der Waals surface area contributed by atoms with Crippen LogP contribution in [0.3, 0.4) is 0 Å². The summed E-state index contributed by atoms with van der Waals surface area (Å²) in [5, 5.41) is 4.64. The van der Waals surface area contributed by atoms with Crippen LogP contribution in [0.2, 0.25) is 0 Å². The van der Waals surface area contributed by atoms with Crippen molar-refractivity contribution in [2.75, 3.05) is 13.6 Å². The van der Waals surface area contributed by atoms with Gasteiger partial charge in [-0.05, 0) is 68.5 Å². The van der Waals surface area contributed by atoms with Crippen LogP contribution in [0.25, 0.3) is 11.3 Å². The Kier molecular flexibility index (Phi) is 7.72. The summed E-state index contributed by atoms with van der Waals surface area (Å²) >= 11 is 0. The standard InChI is InChI=1S/C25H33FN4O2S/c1-6-16-29(4)33(31,32)28-25(2,3)21-9-7-8-20(17-21)24-18-23(27-30(24)5)15-12-19-10-13-22(26)14-11-19/h7-11,13-14,17-18,28H,6,12,15-16H2,1-5H3. The van der Waals surface area contributed by atoms with Gasteiger partial charge in [0, 0.05) is 26.2 Å². The second kappa shape index (κ2) is 10.2. The molecule has 1 N–H and O–H groups in total. The molecule has 0 radical (unpaired) electrons. The third-order valence-corrected chi connectivity index (χ3v) is 7.50. The van der Waals surface area contributed by atoms with E-state index in [-0.39, 0.29) is 5.82 Å². The number of halogens is 1. The van der Waals surface area contributed by atoms with E-state index >= 15 is 0 Å². The van der Waals surface area contributed by atoms with Crippen molar-refractivity contribution >= 4 is 10.2 Å². The van der Waals surface area contributed by atoms with E-state index in [1.165, 1.54) is 16.4 Å². The number of benzene rings is 2. The molecule has 1 heterocycles. The van der Waals surface area contributed by atoms with Crippen molar-refractivity contribution < 1.29 is 12.8 Å². The molecule has 0 atom stereocenters. The highest BCUT2D eigenvalue weighted by molar-refractivity contribution is 7.87. The van der Waals surface area contributed by atoms with Gasteiger partial charge in [0.25, 0.3) is 10.2 Å². The summed E-state index contributed by atoms with van der Waals surface area (Å²) in [6.07, 6.45) is 2.27. The van der Waals surface area contributed by atoms with E-state index in [0.717, 1.165) is 47.3 Å². The smallest absolute Gasteiger partial charge is 0.268 e. The van der Waals surface area contributed by atoms with E-state index in [1.807, 2.05) is 56.8 Å². The van der Waals surface area contributed by atoms with Crippen molar-refractivity contribution in [1.82, 2.24) is 18.8 Å². The van der Waals surface area contributed by atoms with Crippen molar-refractivity contribution in [3.05, 3.63) is 77.2 Å². The summed E-state index contributed by atoms with van der Waals surface area (Å²) in [4.78, 5) is 0.